The second-order valence-corrected chi connectivity index (χ2v) is 6.68. The van der Waals surface area contributed by atoms with Gasteiger partial charge < -0.3 is 19.2 Å². The van der Waals surface area contributed by atoms with Crippen LogP contribution in [0.2, 0.25) is 0 Å². The summed E-state index contributed by atoms with van der Waals surface area (Å²) in [6.45, 7) is 5.38. The molecule has 0 fully saturated rings. The van der Waals surface area contributed by atoms with Crippen molar-refractivity contribution >= 4 is 34.3 Å². The average Bonchev–Trinajstić information content (AvgIpc) is 3.11. The van der Waals surface area contributed by atoms with Gasteiger partial charge in [0.05, 0.1) is 12.3 Å². The molecule has 0 aliphatic heterocycles. The predicted molar refractivity (Wildman–Crippen MR) is 111 cm³/mol. The lowest BCUT2D eigenvalue weighted by Gasteiger charge is -2.14. The molecule has 0 aliphatic carbocycles. The summed E-state index contributed by atoms with van der Waals surface area (Å²) in [5.41, 5.74) is 1.85. The van der Waals surface area contributed by atoms with E-state index in [0.717, 1.165) is 5.39 Å². The van der Waals surface area contributed by atoms with E-state index in [1.54, 1.807) is 36.4 Å². The molecule has 30 heavy (non-hydrogen) atoms. The number of anilines is 1. The Morgan fingerprint density at radius 2 is 1.77 bits per heavy atom. The first-order valence-electron chi connectivity index (χ1n) is 9.62. The maximum absolute atomic E-state index is 12.7. The molecule has 7 heteroatoms. The SMILES string of the molecule is CCOCc1c(C(=O)O[C@@H](C)C(=O)Nc2ccccc2C(C)=O)oc2ccccc12. The van der Waals surface area contributed by atoms with Crippen LogP contribution in [0.1, 0.15) is 47.2 Å². The number of ketones is 1. The quantitative estimate of drug-likeness (QED) is 0.439. The topological polar surface area (TPSA) is 94.8 Å². The van der Waals surface area contributed by atoms with Crippen molar-refractivity contribution in [3.63, 3.8) is 0 Å². The molecule has 0 saturated carbocycles. The van der Waals surface area contributed by atoms with Crippen molar-refractivity contribution < 1.29 is 28.3 Å². The van der Waals surface area contributed by atoms with E-state index in [1.165, 1.54) is 13.8 Å². The molecule has 0 unspecified atom stereocenters. The molecule has 0 saturated heterocycles. The first-order valence-corrected chi connectivity index (χ1v) is 9.62. The summed E-state index contributed by atoms with van der Waals surface area (Å²) in [5.74, 6) is -1.49. The van der Waals surface area contributed by atoms with Crippen molar-refractivity contribution in [3.8, 4) is 0 Å². The van der Waals surface area contributed by atoms with Crippen molar-refractivity contribution in [1.29, 1.82) is 0 Å². The molecule has 7 nitrogen and oxygen atoms in total. The Bertz CT molecular complexity index is 1080. The lowest BCUT2D eigenvalue weighted by Crippen LogP contribution is -2.30. The standard InChI is InChI=1S/C23H23NO6/c1-4-28-13-18-17-10-6-8-12-20(17)30-21(18)23(27)29-15(3)22(26)24-19-11-7-5-9-16(19)14(2)25/h5-12,15H,4,13H2,1-3H3,(H,24,26)/t15-/m0/s1. The number of esters is 1. The molecule has 1 N–H and O–H groups in total. The summed E-state index contributed by atoms with van der Waals surface area (Å²) in [7, 11) is 0. The maximum atomic E-state index is 12.7. The van der Waals surface area contributed by atoms with E-state index < -0.39 is 18.0 Å². The highest BCUT2D eigenvalue weighted by atomic mass is 16.6. The third-order valence-electron chi connectivity index (χ3n) is 4.55. The minimum atomic E-state index is -1.11. The van der Waals surface area contributed by atoms with Gasteiger partial charge in [-0.15, -0.1) is 0 Å². The zero-order chi connectivity index (χ0) is 21.7. The molecule has 3 rings (SSSR count). The molecule has 156 valence electrons. The molecule has 1 aromatic heterocycles. The molecular formula is C23H23NO6. The summed E-state index contributed by atoms with van der Waals surface area (Å²) in [4.78, 5) is 37.0. The number of hydrogen-bond donors (Lipinski definition) is 1. The lowest BCUT2D eigenvalue weighted by molar-refractivity contribution is -0.123. The number of para-hydroxylation sites is 2. The van der Waals surface area contributed by atoms with Gasteiger partial charge in [0, 0.05) is 23.1 Å². The number of furan rings is 1. The van der Waals surface area contributed by atoms with Crippen LogP contribution in [0.5, 0.6) is 0 Å². The van der Waals surface area contributed by atoms with E-state index in [-0.39, 0.29) is 18.2 Å². The number of carbonyl (C=O) groups excluding carboxylic acids is 3. The largest absolute Gasteiger partial charge is 0.449 e. The highest BCUT2D eigenvalue weighted by Crippen LogP contribution is 2.27. The summed E-state index contributed by atoms with van der Waals surface area (Å²) in [6.07, 6.45) is -1.11. The van der Waals surface area contributed by atoms with E-state index in [0.29, 0.717) is 29.0 Å². The highest BCUT2D eigenvalue weighted by molar-refractivity contribution is 6.05. The number of Topliss-reactive ketones (excluding diaryl/α,β-unsaturated/α-hetero) is 1. The van der Waals surface area contributed by atoms with Crippen molar-refractivity contribution in [2.75, 3.05) is 11.9 Å². The zero-order valence-electron chi connectivity index (χ0n) is 17.1. The van der Waals surface area contributed by atoms with Gasteiger partial charge in [0.1, 0.15) is 5.58 Å². The van der Waals surface area contributed by atoms with Crippen LogP contribution in [0.3, 0.4) is 0 Å². The third-order valence-corrected chi connectivity index (χ3v) is 4.55. The van der Waals surface area contributed by atoms with E-state index in [1.807, 2.05) is 19.1 Å². The summed E-state index contributed by atoms with van der Waals surface area (Å²) in [6, 6.07) is 13.9. The molecule has 0 bridgehead atoms. The van der Waals surface area contributed by atoms with Crippen molar-refractivity contribution in [1.82, 2.24) is 0 Å². The lowest BCUT2D eigenvalue weighted by atomic mass is 10.1. The van der Waals surface area contributed by atoms with Crippen LogP contribution in [0.25, 0.3) is 11.0 Å². The number of nitrogens with one attached hydrogen (secondary N) is 1. The normalized spacial score (nSPS) is 11.8. The number of carbonyl (C=O) groups is 3. The van der Waals surface area contributed by atoms with E-state index in [4.69, 9.17) is 13.9 Å². The molecule has 2 aromatic carbocycles. The fourth-order valence-electron chi connectivity index (χ4n) is 3.01. The van der Waals surface area contributed by atoms with Crippen LogP contribution in [-0.4, -0.2) is 30.4 Å². The number of fused-ring (bicyclic) bond motifs is 1. The van der Waals surface area contributed by atoms with Gasteiger partial charge in [-0.2, -0.15) is 0 Å². The van der Waals surface area contributed by atoms with Crippen LogP contribution in [-0.2, 0) is 20.9 Å². The highest BCUT2D eigenvalue weighted by Gasteiger charge is 2.26. The first-order chi connectivity index (χ1) is 14.4. The Morgan fingerprint density at radius 1 is 1.07 bits per heavy atom. The number of hydrogen-bond acceptors (Lipinski definition) is 6. The fourth-order valence-corrected chi connectivity index (χ4v) is 3.01. The Balaban J connectivity index is 1.77. The second kappa shape index (κ2) is 9.37. The number of amides is 1. The molecular weight excluding hydrogens is 386 g/mol. The average molecular weight is 409 g/mol. The Kier molecular flexibility index (Phi) is 6.64. The van der Waals surface area contributed by atoms with Gasteiger partial charge in [0.15, 0.2) is 11.9 Å². The summed E-state index contributed by atoms with van der Waals surface area (Å²) in [5, 5.41) is 3.39. The minimum Gasteiger partial charge on any atom is -0.449 e. The fraction of sp³-hybridized carbons (Fsp3) is 0.261. The van der Waals surface area contributed by atoms with E-state index >= 15 is 0 Å². The molecule has 0 radical (unpaired) electrons. The van der Waals surface area contributed by atoms with Crippen molar-refractivity contribution in [3.05, 3.63) is 65.4 Å². The van der Waals surface area contributed by atoms with E-state index in [9.17, 15) is 14.4 Å². The van der Waals surface area contributed by atoms with Crippen molar-refractivity contribution in [2.24, 2.45) is 0 Å². The van der Waals surface area contributed by atoms with Gasteiger partial charge in [0.25, 0.3) is 5.91 Å². The zero-order valence-corrected chi connectivity index (χ0v) is 17.1. The molecule has 0 aliphatic rings. The van der Waals surface area contributed by atoms with Gasteiger partial charge in [0.2, 0.25) is 5.76 Å². The van der Waals surface area contributed by atoms with E-state index in [2.05, 4.69) is 5.32 Å². The van der Waals surface area contributed by atoms with Crippen LogP contribution >= 0.6 is 0 Å². The Morgan fingerprint density at radius 3 is 2.50 bits per heavy atom. The second-order valence-electron chi connectivity index (χ2n) is 6.68. The van der Waals surface area contributed by atoms with Crippen LogP contribution < -0.4 is 5.32 Å². The van der Waals surface area contributed by atoms with Crippen LogP contribution in [0.4, 0.5) is 5.69 Å². The Hall–Kier alpha value is -3.45. The first kappa shape index (κ1) is 21.3. The van der Waals surface area contributed by atoms with Gasteiger partial charge in [-0.25, -0.2) is 4.79 Å². The predicted octanol–water partition coefficient (Wildman–Crippen LogP) is 4.36. The molecule has 3 aromatic rings. The molecule has 1 atom stereocenters. The molecule has 1 heterocycles. The molecule has 0 spiro atoms. The third kappa shape index (κ3) is 4.58. The maximum Gasteiger partial charge on any atom is 0.375 e. The van der Waals surface area contributed by atoms with Gasteiger partial charge in [-0.1, -0.05) is 30.3 Å². The number of benzene rings is 2. The van der Waals surface area contributed by atoms with Crippen LogP contribution in [0.15, 0.2) is 52.9 Å². The monoisotopic (exact) mass is 409 g/mol. The minimum absolute atomic E-state index is 0.00781. The summed E-state index contributed by atoms with van der Waals surface area (Å²) < 4.78 is 16.5. The smallest absolute Gasteiger partial charge is 0.375 e. The van der Waals surface area contributed by atoms with Gasteiger partial charge in [-0.3, -0.25) is 9.59 Å². The number of rotatable bonds is 8. The van der Waals surface area contributed by atoms with Crippen LogP contribution in [0, 0.1) is 0 Å². The van der Waals surface area contributed by atoms with Gasteiger partial charge >= 0.3 is 5.97 Å². The van der Waals surface area contributed by atoms with Crippen molar-refractivity contribution in [2.45, 2.75) is 33.5 Å². The van der Waals surface area contributed by atoms with Gasteiger partial charge in [-0.05, 0) is 39.0 Å². The molecule has 1 amide bonds. The summed E-state index contributed by atoms with van der Waals surface area (Å²) >= 11 is 0. The number of ether oxygens (including phenoxy) is 2. The Labute approximate surface area is 174 Å².